The van der Waals surface area contributed by atoms with Gasteiger partial charge in [0.15, 0.2) is 5.82 Å². The molecule has 90 valence electrons. The highest BCUT2D eigenvalue weighted by Gasteiger charge is 2.05. The van der Waals surface area contributed by atoms with Gasteiger partial charge in [0, 0.05) is 12.8 Å². The Balaban J connectivity index is 1.90. The van der Waals surface area contributed by atoms with Crippen molar-refractivity contribution in [3.05, 3.63) is 36.0 Å². The molecule has 0 fully saturated rings. The average Bonchev–Trinajstić information content (AvgIpc) is 2.77. The summed E-state index contributed by atoms with van der Waals surface area (Å²) in [7, 11) is 1.57. The first-order valence-electron chi connectivity index (χ1n) is 5.11. The van der Waals surface area contributed by atoms with Crippen LogP contribution >= 0.6 is 0 Å². The lowest BCUT2D eigenvalue weighted by molar-refractivity contribution is 0.174. The van der Waals surface area contributed by atoms with Gasteiger partial charge in [-0.3, -0.25) is 0 Å². The van der Waals surface area contributed by atoms with Crippen LogP contribution in [0, 0.1) is 0 Å². The van der Waals surface area contributed by atoms with Crippen LogP contribution in [-0.2, 0) is 17.9 Å². The summed E-state index contributed by atoms with van der Waals surface area (Å²) in [6.07, 6.45) is 0. The Labute approximate surface area is 98.2 Å². The fourth-order valence-corrected chi connectivity index (χ4v) is 1.31. The Morgan fingerprint density at radius 3 is 2.82 bits per heavy atom. The molecule has 0 unspecified atom stereocenters. The average molecular weight is 235 g/mol. The van der Waals surface area contributed by atoms with Crippen LogP contribution in [0.3, 0.4) is 0 Å². The molecule has 0 radical (unpaired) electrons. The van der Waals surface area contributed by atoms with E-state index in [1.54, 1.807) is 31.4 Å². The molecular formula is C11H13N3O3. The Morgan fingerprint density at radius 2 is 2.12 bits per heavy atom. The minimum atomic E-state index is 0.232. The molecule has 6 nitrogen and oxygen atoms in total. The number of nitrogens with zero attached hydrogens (tertiary/aromatic N) is 2. The highest BCUT2D eigenvalue weighted by molar-refractivity contribution is 5.45. The van der Waals surface area contributed by atoms with E-state index < -0.39 is 0 Å². The zero-order chi connectivity index (χ0) is 12.1. The first kappa shape index (κ1) is 11.4. The zero-order valence-corrected chi connectivity index (χ0v) is 9.38. The second-order valence-corrected chi connectivity index (χ2v) is 3.44. The largest absolute Gasteiger partial charge is 0.508 e. The topological polar surface area (TPSA) is 80.4 Å². The molecule has 0 amide bonds. The second-order valence-electron chi connectivity index (χ2n) is 3.44. The highest BCUT2D eigenvalue weighted by Crippen LogP contribution is 2.14. The van der Waals surface area contributed by atoms with Gasteiger partial charge in [0.1, 0.15) is 12.4 Å². The van der Waals surface area contributed by atoms with Gasteiger partial charge < -0.3 is 19.7 Å². The number of hydrogen-bond acceptors (Lipinski definition) is 6. The maximum absolute atomic E-state index is 9.12. The van der Waals surface area contributed by atoms with Crippen LogP contribution in [0.25, 0.3) is 0 Å². The molecule has 0 spiro atoms. The van der Waals surface area contributed by atoms with E-state index in [1.165, 1.54) is 0 Å². The lowest BCUT2D eigenvalue weighted by Gasteiger charge is -2.02. The van der Waals surface area contributed by atoms with Gasteiger partial charge in [-0.2, -0.15) is 4.98 Å². The van der Waals surface area contributed by atoms with Gasteiger partial charge in [0.2, 0.25) is 5.89 Å². The molecule has 0 bridgehead atoms. The molecule has 1 aromatic carbocycles. The monoisotopic (exact) mass is 235 g/mol. The van der Waals surface area contributed by atoms with Crippen molar-refractivity contribution in [1.82, 2.24) is 10.1 Å². The number of aromatic hydroxyl groups is 1. The van der Waals surface area contributed by atoms with Crippen molar-refractivity contribution in [2.24, 2.45) is 0 Å². The van der Waals surface area contributed by atoms with E-state index in [2.05, 4.69) is 15.5 Å². The number of hydrogen-bond donors (Lipinski definition) is 2. The van der Waals surface area contributed by atoms with Crippen LogP contribution in [0.1, 0.15) is 11.7 Å². The zero-order valence-electron chi connectivity index (χ0n) is 9.38. The summed E-state index contributed by atoms with van der Waals surface area (Å²) in [4.78, 5) is 4.12. The predicted octanol–water partition coefficient (Wildman–Crippen LogP) is 1.53. The summed E-state index contributed by atoms with van der Waals surface area (Å²) in [5, 5.41) is 16.0. The van der Waals surface area contributed by atoms with Crippen molar-refractivity contribution in [1.29, 1.82) is 0 Å². The van der Waals surface area contributed by atoms with Crippen molar-refractivity contribution in [2.75, 3.05) is 12.4 Å². The lowest BCUT2D eigenvalue weighted by atomic mass is 10.3. The summed E-state index contributed by atoms with van der Waals surface area (Å²) in [6, 6.07) is 6.74. The summed E-state index contributed by atoms with van der Waals surface area (Å²) in [5.74, 6) is 1.25. The van der Waals surface area contributed by atoms with Crippen LogP contribution < -0.4 is 5.32 Å². The maximum Gasteiger partial charge on any atom is 0.246 e. The molecule has 1 heterocycles. The quantitative estimate of drug-likeness (QED) is 0.765. The number of phenolic OH excluding ortho intramolecular Hbond substituents is 1. The summed E-state index contributed by atoms with van der Waals surface area (Å²) >= 11 is 0. The first-order valence-corrected chi connectivity index (χ1v) is 5.11. The fourth-order valence-electron chi connectivity index (χ4n) is 1.31. The van der Waals surface area contributed by atoms with Crippen LogP contribution in [0.2, 0.25) is 0 Å². The van der Waals surface area contributed by atoms with E-state index in [0.717, 1.165) is 5.69 Å². The third kappa shape index (κ3) is 3.18. The Kier molecular flexibility index (Phi) is 3.56. The summed E-state index contributed by atoms with van der Waals surface area (Å²) in [5.41, 5.74) is 0.870. The number of ether oxygens (including phenoxy) is 1. The standard InChI is InChI=1S/C11H13N3O3/c1-16-7-10-13-11(17-14-10)6-12-8-2-4-9(15)5-3-8/h2-5,12,15H,6-7H2,1H3. The molecule has 0 saturated heterocycles. The number of methoxy groups -OCH3 is 1. The molecular weight excluding hydrogens is 222 g/mol. The van der Waals surface area contributed by atoms with E-state index in [-0.39, 0.29) is 5.75 Å². The van der Waals surface area contributed by atoms with Crippen molar-refractivity contribution < 1.29 is 14.4 Å². The molecule has 0 saturated carbocycles. The second kappa shape index (κ2) is 5.31. The molecule has 2 rings (SSSR count). The Bertz CT molecular complexity index is 467. The number of benzene rings is 1. The van der Waals surface area contributed by atoms with Crippen LogP contribution in [0.5, 0.6) is 5.75 Å². The normalized spacial score (nSPS) is 10.4. The van der Waals surface area contributed by atoms with E-state index in [9.17, 15) is 0 Å². The maximum atomic E-state index is 9.12. The van der Waals surface area contributed by atoms with Gasteiger partial charge in [-0.25, -0.2) is 0 Å². The van der Waals surface area contributed by atoms with Crippen molar-refractivity contribution >= 4 is 5.69 Å². The molecule has 1 aromatic heterocycles. The minimum Gasteiger partial charge on any atom is -0.508 e. The molecule has 17 heavy (non-hydrogen) atoms. The Morgan fingerprint density at radius 1 is 1.35 bits per heavy atom. The highest BCUT2D eigenvalue weighted by atomic mass is 16.5. The molecule has 6 heteroatoms. The number of phenols is 1. The van der Waals surface area contributed by atoms with E-state index >= 15 is 0 Å². The van der Waals surface area contributed by atoms with Gasteiger partial charge in [-0.15, -0.1) is 0 Å². The number of anilines is 1. The number of rotatable bonds is 5. The van der Waals surface area contributed by atoms with Crippen LogP contribution in [0.4, 0.5) is 5.69 Å². The van der Waals surface area contributed by atoms with Gasteiger partial charge >= 0.3 is 0 Å². The van der Waals surface area contributed by atoms with Crippen LogP contribution in [0.15, 0.2) is 28.8 Å². The van der Waals surface area contributed by atoms with Gasteiger partial charge in [0.25, 0.3) is 0 Å². The smallest absolute Gasteiger partial charge is 0.246 e. The van der Waals surface area contributed by atoms with Crippen molar-refractivity contribution in [2.45, 2.75) is 13.2 Å². The van der Waals surface area contributed by atoms with Gasteiger partial charge in [-0.05, 0) is 24.3 Å². The number of nitrogens with one attached hydrogen (secondary N) is 1. The third-order valence-electron chi connectivity index (χ3n) is 2.09. The minimum absolute atomic E-state index is 0.232. The van der Waals surface area contributed by atoms with Crippen molar-refractivity contribution in [3.8, 4) is 5.75 Å². The molecule has 2 N–H and O–H groups in total. The first-order chi connectivity index (χ1) is 8.28. The molecule has 0 aliphatic rings. The lowest BCUT2D eigenvalue weighted by Crippen LogP contribution is -1.99. The van der Waals surface area contributed by atoms with E-state index in [0.29, 0.717) is 24.9 Å². The predicted molar refractivity (Wildman–Crippen MR) is 60.4 cm³/mol. The van der Waals surface area contributed by atoms with Crippen molar-refractivity contribution in [3.63, 3.8) is 0 Å². The van der Waals surface area contributed by atoms with E-state index in [1.807, 2.05) is 0 Å². The van der Waals surface area contributed by atoms with E-state index in [4.69, 9.17) is 14.4 Å². The SMILES string of the molecule is COCc1noc(CNc2ccc(O)cc2)n1. The molecule has 0 aliphatic heterocycles. The van der Waals surface area contributed by atoms with Gasteiger partial charge in [0.05, 0.1) is 6.54 Å². The van der Waals surface area contributed by atoms with Gasteiger partial charge in [-0.1, -0.05) is 5.16 Å². The molecule has 2 aromatic rings. The molecule has 0 atom stereocenters. The van der Waals surface area contributed by atoms with Crippen LogP contribution in [-0.4, -0.2) is 22.4 Å². The third-order valence-corrected chi connectivity index (χ3v) is 2.09. The summed E-state index contributed by atoms with van der Waals surface area (Å²) in [6.45, 7) is 0.768. The number of aromatic nitrogens is 2. The Hall–Kier alpha value is -2.08. The summed E-state index contributed by atoms with van der Waals surface area (Å²) < 4.78 is 9.89. The molecule has 0 aliphatic carbocycles. The fraction of sp³-hybridized carbons (Fsp3) is 0.273.